The minimum atomic E-state index is -0.530. The van der Waals surface area contributed by atoms with Crippen molar-refractivity contribution in [2.75, 3.05) is 6.54 Å². The van der Waals surface area contributed by atoms with Crippen LogP contribution in [0.3, 0.4) is 0 Å². The zero-order valence-corrected chi connectivity index (χ0v) is 12.9. The van der Waals surface area contributed by atoms with Gasteiger partial charge >= 0.3 is 0 Å². The van der Waals surface area contributed by atoms with E-state index in [1.54, 1.807) is 12.1 Å². The molecular weight excluding hydrogens is 306 g/mol. The first-order valence-corrected chi connectivity index (χ1v) is 7.84. The van der Waals surface area contributed by atoms with Gasteiger partial charge in [-0.25, -0.2) is 0 Å². The average molecular weight is 322 g/mol. The molecule has 2 rings (SSSR count). The van der Waals surface area contributed by atoms with Crippen LogP contribution in [0.2, 0.25) is 5.02 Å². The Morgan fingerprint density at radius 3 is 2.86 bits per heavy atom. The predicted molar refractivity (Wildman–Crippen MR) is 87.4 cm³/mol. The number of aliphatic hydroxyl groups is 1. The number of benzene rings is 1. The van der Waals surface area contributed by atoms with Crippen LogP contribution in [0.25, 0.3) is 6.08 Å². The Hall–Kier alpha value is -1.62. The lowest BCUT2D eigenvalue weighted by molar-refractivity contribution is -0.116. The first-order chi connectivity index (χ1) is 10.2. The second kappa shape index (κ2) is 7.98. The molecule has 0 fully saturated rings. The fourth-order valence-electron chi connectivity index (χ4n) is 1.79. The number of hydrogen-bond acceptors (Lipinski definition) is 3. The SMILES string of the molecule is O=C(/C=C/c1ccccc1Cl)NCCC(O)c1cccs1. The van der Waals surface area contributed by atoms with E-state index >= 15 is 0 Å². The van der Waals surface area contributed by atoms with Crippen LogP contribution in [-0.2, 0) is 4.79 Å². The highest BCUT2D eigenvalue weighted by molar-refractivity contribution is 7.10. The van der Waals surface area contributed by atoms with Crippen LogP contribution in [0.4, 0.5) is 0 Å². The number of carbonyl (C=O) groups excluding carboxylic acids is 1. The van der Waals surface area contributed by atoms with Crippen LogP contribution >= 0.6 is 22.9 Å². The molecule has 110 valence electrons. The van der Waals surface area contributed by atoms with E-state index in [4.69, 9.17) is 11.6 Å². The van der Waals surface area contributed by atoms with Crippen molar-refractivity contribution in [1.82, 2.24) is 5.32 Å². The average Bonchev–Trinajstić information content (AvgIpc) is 3.00. The van der Waals surface area contributed by atoms with E-state index in [0.717, 1.165) is 10.4 Å². The van der Waals surface area contributed by atoms with Gasteiger partial charge in [0.05, 0.1) is 6.10 Å². The lowest BCUT2D eigenvalue weighted by atomic mass is 10.2. The van der Waals surface area contributed by atoms with Crippen LogP contribution in [0.5, 0.6) is 0 Å². The quantitative estimate of drug-likeness (QED) is 0.798. The van der Waals surface area contributed by atoms with Gasteiger partial charge in [-0.2, -0.15) is 0 Å². The molecule has 0 bridgehead atoms. The number of carbonyl (C=O) groups is 1. The van der Waals surface area contributed by atoms with Crippen molar-refractivity contribution in [2.45, 2.75) is 12.5 Å². The van der Waals surface area contributed by atoms with Gasteiger partial charge in [-0.3, -0.25) is 4.79 Å². The van der Waals surface area contributed by atoms with E-state index in [-0.39, 0.29) is 5.91 Å². The summed E-state index contributed by atoms with van der Waals surface area (Å²) in [6, 6.07) is 11.1. The summed E-state index contributed by atoms with van der Waals surface area (Å²) in [4.78, 5) is 12.6. The van der Waals surface area contributed by atoms with Crippen LogP contribution < -0.4 is 5.32 Å². The van der Waals surface area contributed by atoms with Crippen LogP contribution in [-0.4, -0.2) is 17.6 Å². The molecule has 1 amide bonds. The topological polar surface area (TPSA) is 49.3 Å². The maximum atomic E-state index is 11.7. The van der Waals surface area contributed by atoms with Crippen LogP contribution in [0.1, 0.15) is 23.0 Å². The van der Waals surface area contributed by atoms with Gasteiger partial charge in [0.25, 0.3) is 0 Å². The fourth-order valence-corrected chi connectivity index (χ4v) is 2.73. The molecule has 0 radical (unpaired) electrons. The Bertz CT molecular complexity index is 610. The molecule has 2 N–H and O–H groups in total. The Kier molecular flexibility index (Phi) is 5.99. The van der Waals surface area contributed by atoms with E-state index in [1.165, 1.54) is 17.4 Å². The lowest BCUT2D eigenvalue weighted by Gasteiger charge is -2.08. The number of thiophene rings is 1. The largest absolute Gasteiger partial charge is 0.388 e. The molecular formula is C16H16ClNO2S. The molecule has 0 aliphatic rings. The van der Waals surface area contributed by atoms with Crippen molar-refractivity contribution < 1.29 is 9.90 Å². The Morgan fingerprint density at radius 2 is 2.14 bits per heavy atom. The third-order valence-electron chi connectivity index (χ3n) is 2.91. The summed E-state index contributed by atoms with van der Waals surface area (Å²) in [5.74, 6) is -0.201. The van der Waals surface area contributed by atoms with E-state index < -0.39 is 6.10 Å². The summed E-state index contributed by atoms with van der Waals surface area (Å²) >= 11 is 7.50. The van der Waals surface area contributed by atoms with Crippen molar-refractivity contribution in [3.05, 3.63) is 63.3 Å². The van der Waals surface area contributed by atoms with Gasteiger partial charge in [-0.05, 0) is 35.6 Å². The Morgan fingerprint density at radius 1 is 1.33 bits per heavy atom. The maximum absolute atomic E-state index is 11.7. The fraction of sp³-hybridized carbons (Fsp3) is 0.188. The number of halogens is 1. The van der Waals surface area contributed by atoms with Crippen molar-refractivity contribution in [2.24, 2.45) is 0 Å². The summed E-state index contributed by atoms with van der Waals surface area (Å²) in [5.41, 5.74) is 0.799. The molecule has 1 heterocycles. The van der Waals surface area contributed by atoms with Crippen LogP contribution in [0.15, 0.2) is 47.9 Å². The van der Waals surface area contributed by atoms with E-state index in [2.05, 4.69) is 5.32 Å². The van der Waals surface area contributed by atoms with E-state index in [1.807, 2.05) is 35.7 Å². The molecule has 0 saturated carbocycles. The molecule has 1 unspecified atom stereocenters. The molecule has 0 saturated heterocycles. The smallest absolute Gasteiger partial charge is 0.244 e. The van der Waals surface area contributed by atoms with Gasteiger partial charge in [0, 0.05) is 22.5 Å². The lowest BCUT2D eigenvalue weighted by Crippen LogP contribution is -2.23. The highest BCUT2D eigenvalue weighted by atomic mass is 35.5. The molecule has 21 heavy (non-hydrogen) atoms. The molecule has 0 aliphatic heterocycles. The molecule has 0 aliphatic carbocycles. The highest BCUT2D eigenvalue weighted by Gasteiger charge is 2.08. The molecule has 1 aromatic carbocycles. The standard InChI is InChI=1S/C16H16ClNO2S/c17-13-5-2-1-4-12(13)7-8-16(20)18-10-9-14(19)15-6-3-11-21-15/h1-8,11,14,19H,9-10H2,(H,18,20)/b8-7+. The molecule has 1 atom stereocenters. The summed E-state index contributed by atoms with van der Waals surface area (Å²) in [7, 11) is 0. The van der Waals surface area contributed by atoms with Gasteiger partial charge in [0.2, 0.25) is 5.91 Å². The van der Waals surface area contributed by atoms with Crippen molar-refractivity contribution in [1.29, 1.82) is 0 Å². The van der Waals surface area contributed by atoms with Gasteiger partial charge < -0.3 is 10.4 Å². The first-order valence-electron chi connectivity index (χ1n) is 6.58. The van der Waals surface area contributed by atoms with Crippen molar-refractivity contribution in [3.63, 3.8) is 0 Å². The number of rotatable bonds is 6. The monoisotopic (exact) mass is 321 g/mol. The van der Waals surface area contributed by atoms with Crippen molar-refractivity contribution >= 4 is 34.9 Å². The highest BCUT2D eigenvalue weighted by Crippen LogP contribution is 2.21. The van der Waals surface area contributed by atoms with Crippen molar-refractivity contribution in [3.8, 4) is 0 Å². The molecule has 2 aromatic rings. The van der Waals surface area contributed by atoms with Gasteiger partial charge in [0.1, 0.15) is 0 Å². The third-order valence-corrected chi connectivity index (χ3v) is 4.23. The summed E-state index contributed by atoms with van der Waals surface area (Å²) in [5, 5.41) is 15.2. The van der Waals surface area contributed by atoms with Gasteiger partial charge in [0.15, 0.2) is 0 Å². The second-order valence-electron chi connectivity index (χ2n) is 4.47. The summed E-state index contributed by atoms with van der Waals surface area (Å²) < 4.78 is 0. The molecule has 3 nitrogen and oxygen atoms in total. The zero-order valence-electron chi connectivity index (χ0n) is 11.3. The number of nitrogens with one attached hydrogen (secondary N) is 1. The Labute approximate surface area is 132 Å². The van der Waals surface area contributed by atoms with E-state index in [0.29, 0.717) is 18.0 Å². The van der Waals surface area contributed by atoms with Crippen LogP contribution in [0, 0.1) is 0 Å². The number of hydrogen-bond donors (Lipinski definition) is 2. The zero-order chi connectivity index (χ0) is 15.1. The Balaban J connectivity index is 1.76. The second-order valence-corrected chi connectivity index (χ2v) is 5.85. The minimum absolute atomic E-state index is 0.201. The molecule has 0 spiro atoms. The minimum Gasteiger partial charge on any atom is -0.388 e. The maximum Gasteiger partial charge on any atom is 0.244 e. The van der Waals surface area contributed by atoms with Gasteiger partial charge in [-0.1, -0.05) is 35.9 Å². The first kappa shape index (κ1) is 15.8. The van der Waals surface area contributed by atoms with Gasteiger partial charge in [-0.15, -0.1) is 11.3 Å². The number of amides is 1. The van der Waals surface area contributed by atoms with E-state index in [9.17, 15) is 9.90 Å². The predicted octanol–water partition coefficient (Wildman–Crippen LogP) is 3.65. The normalized spacial score (nSPS) is 12.5. The third kappa shape index (κ3) is 5.01. The summed E-state index contributed by atoms with van der Waals surface area (Å²) in [6.07, 6.45) is 3.08. The molecule has 5 heteroatoms. The summed E-state index contributed by atoms with van der Waals surface area (Å²) in [6.45, 7) is 0.421. The number of aliphatic hydroxyl groups excluding tert-OH is 1. The molecule has 1 aromatic heterocycles.